The highest BCUT2D eigenvalue weighted by molar-refractivity contribution is 5.77. The summed E-state index contributed by atoms with van der Waals surface area (Å²) in [5.41, 5.74) is 8.14. The third-order valence-corrected chi connectivity index (χ3v) is 2.69. The van der Waals surface area contributed by atoms with E-state index < -0.39 is 0 Å². The molecule has 1 heterocycles. The number of nitrogens with zero attached hydrogens (tertiary/aromatic N) is 1. The maximum absolute atomic E-state index is 11.8. The first kappa shape index (κ1) is 10.2. The zero-order chi connectivity index (χ0) is 10.8. The molecule has 0 fully saturated rings. The average Bonchev–Trinajstić information content (AvgIpc) is 2.59. The van der Waals surface area contributed by atoms with Gasteiger partial charge in [0.1, 0.15) is 0 Å². The zero-order valence-corrected chi connectivity index (χ0v) is 8.94. The van der Waals surface area contributed by atoms with Crippen molar-refractivity contribution in [3.05, 3.63) is 35.4 Å². The molecule has 1 atom stereocenters. The van der Waals surface area contributed by atoms with Crippen molar-refractivity contribution in [2.75, 3.05) is 0 Å². The van der Waals surface area contributed by atoms with Crippen LogP contribution in [0.3, 0.4) is 0 Å². The van der Waals surface area contributed by atoms with Gasteiger partial charge in [0.15, 0.2) is 0 Å². The Balaban J connectivity index is 2.04. The Morgan fingerprint density at radius 3 is 2.40 bits per heavy atom. The molecule has 80 valence electrons. The largest absolute Gasteiger partial charge is 0.334 e. The molecular weight excluding hydrogens is 188 g/mol. The number of carbonyl (C=O) groups excluding carboxylic acids is 1. The second-order valence-electron chi connectivity index (χ2n) is 4.20. The van der Waals surface area contributed by atoms with Gasteiger partial charge in [0, 0.05) is 25.6 Å². The van der Waals surface area contributed by atoms with Crippen molar-refractivity contribution < 1.29 is 4.79 Å². The summed E-state index contributed by atoms with van der Waals surface area (Å²) >= 11 is 0. The van der Waals surface area contributed by atoms with Crippen molar-refractivity contribution in [1.29, 1.82) is 0 Å². The van der Waals surface area contributed by atoms with E-state index in [-0.39, 0.29) is 11.9 Å². The molecule has 1 aromatic rings. The minimum Gasteiger partial charge on any atom is -0.334 e. The van der Waals surface area contributed by atoms with E-state index in [1.807, 2.05) is 24.0 Å². The van der Waals surface area contributed by atoms with Crippen LogP contribution in [-0.4, -0.2) is 16.8 Å². The first-order chi connectivity index (χ1) is 7.16. The molecule has 1 aromatic carbocycles. The fourth-order valence-corrected chi connectivity index (χ4v) is 1.91. The lowest BCUT2D eigenvalue weighted by atomic mass is 10.1. The fourth-order valence-electron chi connectivity index (χ4n) is 1.91. The third kappa shape index (κ3) is 2.18. The van der Waals surface area contributed by atoms with E-state index in [1.54, 1.807) is 0 Å². The first-order valence-corrected chi connectivity index (χ1v) is 5.27. The quantitative estimate of drug-likeness (QED) is 0.788. The number of nitrogens with two attached hydrogens (primary N) is 1. The summed E-state index contributed by atoms with van der Waals surface area (Å²) in [6.07, 6.45) is 0.438. The zero-order valence-electron chi connectivity index (χ0n) is 8.94. The van der Waals surface area contributed by atoms with Crippen LogP contribution < -0.4 is 5.73 Å². The number of hydrogen-bond donors (Lipinski definition) is 1. The Kier molecular flexibility index (Phi) is 2.73. The van der Waals surface area contributed by atoms with E-state index in [1.165, 1.54) is 11.1 Å². The summed E-state index contributed by atoms with van der Waals surface area (Å²) in [5, 5.41) is 0. The molecule has 0 spiro atoms. The number of fused-ring (bicyclic) bond motifs is 1. The van der Waals surface area contributed by atoms with Gasteiger partial charge < -0.3 is 10.6 Å². The summed E-state index contributed by atoms with van der Waals surface area (Å²) in [5.74, 6) is 0.154. The molecule has 1 aliphatic heterocycles. The van der Waals surface area contributed by atoms with Crippen LogP contribution >= 0.6 is 0 Å². The van der Waals surface area contributed by atoms with Crippen molar-refractivity contribution >= 4 is 5.91 Å². The normalized spacial score (nSPS) is 16.3. The predicted octanol–water partition coefficient (Wildman–Crippen LogP) is 1.27. The molecule has 0 bridgehead atoms. The highest BCUT2D eigenvalue weighted by Gasteiger charge is 2.22. The third-order valence-electron chi connectivity index (χ3n) is 2.69. The van der Waals surface area contributed by atoms with Crippen LogP contribution in [0.5, 0.6) is 0 Å². The van der Waals surface area contributed by atoms with Crippen LogP contribution in [0.15, 0.2) is 24.3 Å². The van der Waals surface area contributed by atoms with E-state index in [0.717, 1.165) is 13.1 Å². The summed E-state index contributed by atoms with van der Waals surface area (Å²) < 4.78 is 0. The van der Waals surface area contributed by atoms with Crippen LogP contribution in [0, 0.1) is 0 Å². The van der Waals surface area contributed by atoms with E-state index >= 15 is 0 Å². The van der Waals surface area contributed by atoms with E-state index in [2.05, 4.69) is 12.1 Å². The smallest absolute Gasteiger partial charge is 0.224 e. The van der Waals surface area contributed by atoms with Crippen LogP contribution in [0.4, 0.5) is 0 Å². The van der Waals surface area contributed by atoms with Crippen LogP contribution in [0.2, 0.25) is 0 Å². The SMILES string of the molecule is CC(N)CC(=O)N1Cc2ccccc2C1. The Morgan fingerprint density at radius 1 is 1.40 bits per heavy atom. The van der Waals surface area contributed by atoms with Crippen molar-refractivity contribution in [2.24, 2.45) is 5.73 Å². The minimum atomic E-state index is -0.0544. The van der Waals surface area contributed by atoms with Crippen molar-refractivity contribution in [2.45, 2.75) is 32.5 Å². The Labute approximate surface area is 89.9 Å². The predicted molar refractivity (Wildman–Crippen MR) is 59.0 cm³/mol. The number of hydrogen-bond acceptors (Lipinski definition) is 2. The van der Waals surface area contributed by atoms with Crippen LogP contribution in [0.25, 0.3) is 0 Å². The van der Waals surface area contributed by atoms with Crippen LogP contribution in [-0.2, 0) is 17.9 Å². The highest BCUT2D eigenvalue weighted by atomic mass is 16.2. The van der Waals surface area contributed by atoms with Gasteiger partial charge in [-0.2, -0.15) is 0 Å². The lowest BCUT2D eigenvalue weighted by molar-refractivity contribution is -0.132. The van der Waals surface area contributed by atoms with E-state index in [0.29, 0.717) is 6.42 Å². The lowest BCUT2D eigenvalue weighted by Crippen LogP contribution is -2.30. The van der Waals surface area contributed by atoms with Gasteiger partial charge in [-0.1, -0.05) is 24.3 Å². The summed E-state index contributed by atoms with van der Waals surface area (Å²) in [6.45, 7) is 3.34. The first-order valence-electron chi connectivity index (χ1n) is 5.27. The molecule has 15 heavy (non-hydrogen) atoms. The molecule has 0 aromatic heterocycles. The van der Waals surface area contributed by atoms with Crippen molar-refractivity contribution in [3.63, 3.8) is 0 Å². The summed E-state index contributed by atoms with van der Waals surface area (Å²) in [4.78, 5) is 13.6. The standard InChI is InChI=1S/C12H16N2O/c1-9(13)6-12(15)14-7-10-4-2-3-5-11(10)8-14/h2-5,9H,6-8,13H2,1H3. The minimum absolute atomic E-state index is 0.0544. The number of carbonyl (C=O) groups is 1. The summed E-state index contributed by atoms with van der Waals surface area (Å²) in [7, 11) is 0. The van der Waals surface area contributed by atoms with E-state index in [4.69, 9.17) is 5.73 Å². The maximum Gasteiger partial charge on any atom is 0.224 e. The van der Waals surface area contributed by atoms with Crippen molar-refractivity contribution in [3.8, 4) is 0 Å². The Hall–Kier alpha value is -1.35. The van der Waals surface area contributed by atoms with E-state index in [9.17, 15) is 4.79 Å². The molecule has 1 unspecified atom stereocenters. The number of rotatable bonds is 2. The molecule has 3 heteroatoms. The second-order valence-corrected chi connectivity index (χ2v) is 4.20. The molecule has 3 nitrogen and oxygen atoms in total. The van der Waals surface area contributed by atoms with Crippen molar-refractivity contribution in [1.82, 2.24) is 4.90 Å². The van der Waals surface area contributed by atoms with Crippen LogP contribution in [0.1, 0.15) is 24.5 Å². The highest BCUT2D eigenvalue weighted by Crippen LogP contribution is 2.22. The van der Waals surface area contributed by atoms with Gasteiger partial charge in [-0.25, -0.2) is 0 Å². The molecule has 1 aliphatic rings. The molecule has 0 aliphatic carbocycles. The lowest BCUT2D eigenvalue weighted by Gasteiger charge is -2.16. The number of benzene rings is 1. The molecule has 0 saturated carbocycles. The Morgan fingerprint density at radius 2 is 1.93 bits per heavy atom. The Bertz CT molecular complexity index is 349. The van der Waals surface area contributed by atoms with Gasteiger partial charge in [0.25, 0.3) is 0 Å². The molecule has 2 N–H and O–H groups in total. The topological polar surface area (TPSA) is 46.3 Å². The van der Waals surface area contributed by atoms with Gasteiger partial charge in [0.05, 0.1) is 0 Å². The second kappa shape index (κ2) is 4.03. The summed E-state index contributed by atoms with van der Waals surface area (Å²) in [6, 6.07) is 8.13. The van der Waals surface area contributed by atoms with Gasteiger partial charge in [-0.05, 0) is 18.1 Å². The monoisotopic (exact) mass is 204 g/mol. The average molecular weight is 204 g/mol. The fraction of sp³-hybridized carbons (Fsp3) is 0.417. The van der Waals surface area contributed by atoms with Gasteiger partial charge in [-0.3, -0.25) is 4.79 Å². The molecular formula is C12H16N2O. The molecule has 0 radical (unpaired) electrons. The van der Waals surface area contributed by atoms with Gasteiger partial charge in [-0.15, -0.1) is 0 Å². The maximum atomic E-state index is 11.8. The molecule has 0 saturated heterocycles. The van der Waals surface area contributed by atoms with Gasteiger partial charge in [0.2, 0.25) is 5.91 Å². The molecule has 2 rings (SSSR count). The molecule has 1 amide bonds. The number of amides is 1. The van der Waals surface area contributed by atoms with Gasteiger partial charge >= 0.3 is 0 Å².